The fourth-order valence-electron chi connectivity index (χ4n) is 3.78. The predicted octanol–water partition coefficient (Wildman–Crippen LogP) is 3.77. The summed E-state index contributed by atoms with van der Waals surface area (Å²) in [7, 11) is 0. The highest BCUT2D eigenvalue weighted by atomic mass is 32.2. The summed E-state index contributed by atoms with van der Waals surface area (Å²) in [6.07, 6.45) is 0. The van der Waals surface area contributed by atoms with E-state index in [2.05, 4.69) is 25.8 Å². The van der Waals surface area contributed by atoms with Gasteiger partial charge in [0.1, 0.15) is 5.25 Å². The van der Waals surface area contributed by atoms with Crippen molar-refractivity contribution < 1.29 is 14.4 Å². The van der Waals surface area contributed by atoms with Crippen LogP contribution < -0.4 is 5.73 Å². The summed E-state index contributed by atoms with van der Waals surface area (Å²) in [5.41, 5.74) is 7.40. The summed E-state index contributed by atoms with van der Waals surface area (Å²) in [6, 6.07) is 7.06. The van der Waals surface area contributed by atoms with E-state index in [1.165, 1.54) is 28.7 Å². The molecule has 0 radical (unpaired) electrons. The lowest BCUT2D eigenvalue weighted by molar-refractivity contribution is -0.135. The number of fused-ring (bicyclic) bond motifs is 2. The Kier molecular flexibility index (Phi) is 4.52. The second-order valence-electron chi connectivity index (χ2n) is 7.97. The lowest BCUT2D eigenvalue weighted by Gasteiger charge is -2.30. The number of thiazole rings is 1. The minimum atomic E-state index is -1.02. The molecule has 0 saturated carbocycles. The topological polar surface area (TPSA) is 96.3 Å². The molecule has 2 aromatic rings. The molecule has 0 spiro atoms. The number of thioether (sulfide) groups is 1. The molecular weight excluding hydrogens is 414 g/mol. The Balaban J connectivity index is 1.85. The van der Waals surface area contributed by atoms with E-state index in [1.807, 2.05) is 24.3 Å². The average Bonchev–Trinajstić information content (AvgIpc) is 3.09. The van der Waals surface area contributed by atoms with Crippen molar-refractivity contribution in [1.82, 2.24) is 9.88 Å². The predicted molar refractivity (Wildman–Crippen MR) is 111 cm³/mol. The summed E-state index contributed by atoms with van der Waals surface area (Å²) in [5.74, 6) is -2.13. The molecule has 0 aliphatic carbocycles. The Labute approximate surface area is 175 Å². The molecule has 2 aliphatic rings. The number of imide groups is 3. The molecule has 2 aliphatic heterocycles. The second kappa shape index (κ2) is 6.53. The van der Waals surface area contributed by atoms with Gasteiger partial charge in [0, 0.05) is 10.8 Å². The van der Waals surface area contributed by atoms with Gasteiger partial charge in [-0.25, -0.2) is 4.79 Å². The quantitative estimate of drug-likeness (QED) is 0.527. The van der Waals surface area contributed by atoms with Gasteiger partial charge in [-0.3, -0.25) is 9.59 Å². The average molecular weight is 434 g/mol. The third-order valence-electron chi connectivity index (χ3n) is 5.18. The van der Waals surface area contributed by atoms with Crippen LogP contribution in [0.5, 0.6) is 0 Å². The van der Waals surface area contributed by atoms with Crippen LogP contribution in [0.4, 0.5) is 4.79 Å². The third-order valence-corrected chi connectivity index (χ3v) is 7.93. The number of H-pyrrole nitrogens is 1. The molecule has 9 heteroatoms. The van der Waals surface area contributed by atoms with Gasteiger partial charge in [0.25, 0.3) is 5.91 Å². The van der Waals surface area contributed by atoms with Gasteiger partial charge in [0.15, 0.2) is 3.95 Å². The Morgan fingerprint density at radius 3 is 2.39 bits per heavy atom. The number of nitrogens with zero attached hydrogens (tertiary/aromatic N) is 1. The van der Waals surface area contributed by atoms with Crippen LogP contribution in [0.15, 0.2) is 29.3 Å². The molecule has 4 amide bonds. The van der Waals surface area contributed by atoms with Gasteiger partial charge in [0.05, 0.1) is 10.9 Å². The fourth-order valence-corrected chi connectivity index (χ4v) is 6.74. The number of carbonyl (C=O) groups is 3. The fraction of sp³-hybridized carbons (Fsp3) is 0.368. The van der Waals surface area contributed by atoms with E-state index in [-0.39, 0.29) is 11.3 Å². The van der Waals surface area contributed by atoms with Crippen LogP contribution >= 0.6 is 35.3 Å². The van der Waals surface area contributed by atoms with Crippen molar-refractivity contribution in [2.45, 2.75) is 42.4 Å². The van der Waals surface area contributed by atoms with E-state index in [0.717, 1.165) is 15.5 Å². The molecule has 1 saturated heterocycles. The van der Waals surface area contributed by atoms with Crippen LogP contribution in [0.1, 0.15) is 42.7 Å². The largest absolute Gasteiger partial charge is 0.351 e. The number of nitrogens with one attached hydrogen (secondary N) is 1. The van der Waals surface area contributed by atoms with Gasteiger partial charge in [0.2, 0.25) is 5.91 Å². The number of amides is 4. The molecule has 3 heterocycles. The highest BCUT2D eigenvalue weighted by Gasteiger charge is 2.57. The van der Waals surface area contributed by atoms with Crippen LogP contribution in [-0.2, 0) is 15.0 Å². The zero-order chi connectivity index (χ0) is 20.4. The summed E-state index contributed by atoms with van der Waals surface area (Å²) < 4.78 is 0.598. The summed E-state index contributed by atoms with van der Waals surface area (Å²) >= 11 is 7.96. The molecule has 3 N–H and O–H groups in total. The van der Waals surface area contributed by atoms with Crippen molar-refractivity contribution in [3.63, 3.8) is 0 Å². The first-order valence-electron chi connectivity index (χ1n) is 8.77. The summed E-state index contributed by atoms with van der Waals surface area (Å²) in [5, 5.41) is 0.0914. The number of aromatic amines is 1. The third kappa shape index (κ3) is 2.92. The highest BCUT2D eigenvalue weighted by Crippen LogP contribution is 2.53. The van der Waals surface area contributed by atoms with E-state index >= 15 is 0 Å². The molecule has 146 valence electrons. The van der Waals surface area contributed by atoms with Gasteiger partial charge >= 0.3 is 6.03 Å². The molecule has 3 atom stereocenters. The number of hydrogen-bond donors (Lipinski definition) is 2. The van der Waals surface area contributed by atoms with Crippen molar-refractivity contribution in [2.75, 3.05) is 0 Å². The normalized spacial score (nSPS) is 24.2. The molecular formula is C19H19N3O3S3. The number of hydrogen-bond acceptors (Lipinski definition) is 6. The SMILES string of the molecule is CC(C)(C)c1ccc(C2c3sc(=S)[nH]c3SC3C(=O)N(C(N)=O)C(=O)C32)cc1. The maximum Gasteiger partial charge on any atom is 0.328 e. The van der Waals surface area contributed by atoms with Crippen molar-refractivity contribution in [3.8, 4) is 0 Å². The lowest BCUT2D eigenvalue weighted by Crippen LogP contribution is -2.41. The highest BCUT2D eigenvalue weighted by molar-refractivity contribution is 8.00. The molecule has 28 heavy (non-hydrogen) atoms. The zero-order valence-electron chi connectivity index (χ0n) is 15.5. The molecule has 0 bridgehead atoms. The smallest absolute Gasteiger partial charge is 0.328 e. The van der Waals surface area contributed by atoms with Crippen LogP contribution in [0.2, 0.25) is 0 Å². The monoisotopic (exact) mass is 433 g/mol. The number of benzene rings is 1. The van der Waals surface area contributed by atoms with Gasteiger partial charge in [-0.15, -0.1) is 11.3 Å². The van der Waals surface area contributed by atoms with E-state index < -0.39 is 29.0 Å². The Morgan fingerprint density at radius 1 is 1.18 bits per heavy atom. The first-order valence-corrected chi connectivity index (χ1v) is 10.9. The van der Waals surface area contributed by atoms with Crippen LogP contribution in [0, 0.1) is 9.87 Å². The lowest BCUT2D eigenvalue weighted by atomic mass is 9.81. The molecule has 4 rings (SSSR count). The number of likely N-dealkylation sites (tertiary alicyclic amines) is 1. The van der Waals surface area contributed by atoms with Gasteiger partial charge in [-0.05, 0) is 28.8 Å². The van der Waals surface area contributed by atoms with Crippen molar-refractivity contribution in [3.05, 3.63) is 44.2 Å². The Hall–Kier alpha value is -1.97. The van der Waals surface area contributed by atoms with Crippen molar-refractivity contribution >= 4 is 53.2 Å². The van der Waals surface area contributed by atoms with E-state index in [0.29, 0.717) is 8.85 Å². The van der Waals surface area contributed by atoms with Gasteiger partial charge in [-0.2, -0.15) is 4.90 Å². The van der Waals surface area contributed by atoms with E-state index in [4.69, 9.17) is 18.0 Å². The first kappa shape index (κ1) is 19.4. The van der Waals surface area contributed by atoms with Crippen LogP contribution in [-0.4, -0.2) is 33.0 Å². The minimum Gasteiger partial charge on any atom is -0.351 e. The Bertz CT molecular complexity index is 1050. The van der Waals surface area contributed by atoms with E-state index in [9.17, 15) is 14.4 Å². The number of carbonyl (C=O) groups excluding carboxylic acids is 3. The molecule has 1 fully saturated rings. The minimum absolute atomic E-state index is 0.00104. The maximum atomic E-state index is 13.0. The molecule has 6 nitrogen and oxygen atoms in total. The van der Waals surface area contributed by atoms with Crippen LogP contribution in [0.25, 0.3) is 0 Å². The molecule has 1 aromatic carbocycles. The van der Waals surface area contributed by atoms with Crippen molar-refractivity contribution in [1.29, 1.82) is 0 Å². The number of aromatic nitrogens is 1. The number of primary amides is 1. The van der Waals surface area contributed by atoms with Crippen LogP contribution in [0.3, 0.4) is 0 Å². The summed E-state index contributed by atoms with van der Waals surface area (Å²) in [4.78, 5) is 42.0. The maximum absolute atomic E-state index is 13.0. The molecule has 3 unspecified atom stereocenters. The number of nitrogens with two attached hydrogens (primary N) is 1. The number of urea groups is 1. The second-order valence-corrected chi connectivity index (χ2v) is 10.8. The number of rotatable bonds is 1. The van der Waals surface area contributed by atoms with Gasteiger partial charge < -0.3 is 10.7 Å². The standard InChI is InChI=1S/C19H19N3O3S3/c1-19(2,3)9-6-4-8(5-7-9)10-11-13(16(24)22(15(11)23)17(20)25)27-14-12(10)28-18(26)21-14/h4-7,10-11,13H,1-3H3,(H2,20,25)(H,21,26). The van der Waals surface area contributed by atoms with Crippen molar-refractivity contribution in [2.24, 2.45) is 11.7 Å². The van der Waals surface area contributed by atoms with E-state index in [1.54, 1.807) is 0 Å². The van der Waals surface area contributed by atoms with Gasteiger partial charge in [-0.1, -0.05) is 56.8 Å². The Morgan fingerprint density at radius 2 is 1.82 bits per heavy atom. The summed E-state index contributed by atoms with van der Waals surface area (Å²) in [6.45, 7) is 6.40. The zero-order valence-corrected chi connectivity index (χ0v) is 18.0. The molecule has 1 aromatic heterocycles. The first-order chi connectivity index (χ1) is 13.1.